The van der Waals surface area contributed by atoms with E-state index in [2.05, 4.69) is 11.9 Å². The van der Waals surface area contributed by atoms with Crippen LogP contribution in [-0.2, 0) is 4.74 Å². The number of phenolic OH excluding ortho intramolecular Hbond substituents is 1. The highest BCUT2D eigenvalue weighted by Crippen LogP contribution is 2.35. The van der Waals surface area contributed by atoms with Gasteiger partial charge < -0.3 is 15.2 Å². The van der Waals surface area contributed by atoms with E-state index in [1.54, 1.807) is 30.3 Å². The van der Waals surface area contributed by atoms with Crippen molar-refractivity contribution < 1.29 is 14.6 Å². The number of anilines is 1. The zero-order chi connectivity index (χ0) is 19.4. The molecule has 0 aromatic heterocycles. The molecule has 1 aliphatic carbocycles. The Hall–Kier alpha value is -2.46. The highest BCUT2D eigenvalue weighted by atomic mass is 35.5. The molecule has 1 amide bonds. The minimum Gasteiger partial charge on any atom is -0.507 e. The summed E-state index contributed by atoms with van der Waals surface area (Å²) in [6.07, 6.45) is 5.94. The fourth-order valence-corrected chi connectivity index (χ4v) is 3.75. The van der Waals surface area contributed by atoms with Crippen molar-refractivity contribution in [3.05, 3.63) is 64.7 Å². The van der Waals surface area contributed by atoms with E-state index < -0.39 is 0 Å². The van der Waals surface area contributed by atoms with Gasteiger partial charge >= 0.3 is 0 Å². The molecule has 142 valence electrons. The Morgan fingerprint density at radius 3 is 2.59 bits per heavy atom. The molecule has 0 unspecified atom stereocenters. The highest BCUT2D eigenvalue weighted by molar-refractivity contribution is 6.34. The Bertz CT molecular complexity index is 857. The summed E-state index contributed by atoms with van der Waals surface area (Å²) in [7, 11) is 1.54. The van der Waals surface area contributed by atoms with Crippen LogP contribution in [0.4, 0.5) is 5.69 Å². The largest absolute Gasteiger partial charge is 0.507 e. The van der Waals surface area contributed by atoms with Crippen molar-refractivity contribution in [1.29, 1.82) is 0 Å². The maximum atomic E-state index is 12.7. The molecule has 0 saturated heterocycles. The minimum absolute atomic E-state index is 0.0347. The lowest BCUT2D eigenvalue weighted by atomic mass is 9.83. The van der Waals surface area contributed by atoms with Gasteiger partial charge in [0.15, 0.2) is 0 Å². The van der Waals surface area contributed by atoms with Gasteiger partial charge in [-0.25, -0.2) is 0 Å². The zero-order valence-corrected chi connectivity index (χ0v) is 16.2. The standard InChI is InChI=1S/C22H24ClNO3/c1-14(27-2)16-8-10-20(19(23)13-16)24-22(26)18-12-17(9-11-21(18)25)15-6-4-3-5-7-15/h8-13,15,25H,1,3-7H2,2H3,(H,24,26). The van der Waals surface area contributed by atoms with Crippen LogP contribution in [0, 0.1) is 0 Å². The first-order chi connectivity index (χ1) is 13.0. The quantitative estimate of drug-likeness (QED) is 0.624. The topological polar surface area (TPSA) is 58.6 Å². The predicted octanol–water partition coefficient (Wildman–Crippen LogP) is 5.96. The van der Waals surface area contributed by atoms with Crippen molar-refractivity contribution in [2.75, 3.05) is 12.4 Å². The number of rotatable bonds is 5. The third-order valence-corrected chi connectivity index (χ3v) is 5.44. The molecule has 1 saturated carbocycles. The van der Waals surface area contributed by atoms with Gasteiger partial charge in [-0.05, 0) is 54.7 Å². The number of benzene rings is 2. The lowest BCUT2D eigenvalue weighted by molar-refractivity contribution is 0.102. The first-order valence-electron chi connectivity index (χ1n) is 9.16. The van der Waals surface area contributed by atoms with Crippen LogP contribution < -0.4 is 5.32 Å². The van der Waals surface area contributed by atoms with Crippen LogP contribution in [-0.4, -0.2) is 18.1 Å². The molecule has 0 radical (unpaired) electrons. The summed E-state index contributed by atoms with van der Waals surface area (Å²) in [5, 5.41) is 13.3. The van der Waals surface area contributed by atoms with Gasteiger partial charge in [-0.1, -0.05) is 43.5 Å². The molecule has 27 heavy (non-hydrogen) atoms. The van der Waals surface area contributed by atoms with Gasteiger partial charge in [0.25, 0.3) is 5.91 Å². The van der Waals surface area contributed by atoms with Gasteiger partial charge in [-0.15, -0.1) is 0 Å². The summed E-state index contributed by atoms with van der Waals surface area (Å²) in [5.41, 5.74) is 2.58. The van der Waals surface area contributed by atoms with Crippen molar-refractivity contribution in [2.45, 2.75) is 38.0 Å². The van der Waals surface area contributed by atoms with E-state index in [1.165, 1.54) is 26.4 Å². The van der Waals surface area contributed by atoms with Gasteiger partial charge in [0.05, 0.1) is 23.4 Å². The van der Waals surface area contributed by atoms with Gasteiger partial charge in [0.2, 0.25) is 0 Å². The number of carbonyl (C=O) groups excluding carboxylic acids is 1. The molecule has 2 aromatic rings. The van der Waals surface area contributed by atoms with Gasteiger partial charge in [0, 0.05) is 5.56 Å². The Kier molecular flexibility index (Phi) is 6.07. The highest BCUT2D eigenvalue weighted by Gasteiger charge is 2.19. The minimum atomic E-state index is -0.384. The van der Waals surface area contributed by atoms with Crippen molar-refractivity contribution in [3.8, 4) is 5.75 Å². The van der Waals surface area contributed by atoms with Crippen LogP contribution in [0.1, 0.15) is 59.5 Å². The molecule has 0 spiro atoms. The third-order valence-electron chi connectivity index (χ3n) is 5.13. The molecular weight excluding hydrogens is 362 g/mol. The first kappa shape index (κ1) is 19.3. The number of carbonyl (C=O) groups is 1. The predicted molar refractivity (Wildman–Crippen MR) is 109 cm³/mol. The lowest BCUT2D eigenvalue weighted by Gasteiger charge is -2.22. The molecule has 4 nitrogen and oxygen atoms in total. The number of nitrogens with one attached hydrogen (secondary N) is 1. The van der Waals surface area contributed by atoms with Gasteiger partial charge in [-0.2, -0.15) is 0 Å². The van der Waals surface area contributed by atoms with Crippen LogP contribution in [0.3, 0.4) is 0 Å². The average molecular weight is 386 g/mol. The molecule has 2 aromatic carbocycles. The molecule has 0 atom stereocenters. The fraction of sp³-hybridized carbons (Fsp3) is 0.318. The Morgan fingerprint density at radius 1 is 1.19 bits per heavy atom. The van der Waals surface area contributed by atoms with E-state index in [4.69, 9.17) is 16.3 Å². The number of hydrogen-bond acceptors (Lipinski definition) is 3. The maximum Gasteiger partial charge on any atom is 0.259 e. The number of hydrogen-bond donors (Lipinski definition) is 2. The number of aromatic hydroxyl groups is 1. The van der Waals surface area contributed by atoms with Crippen LogP contribution in [0.2, 0.25) is 5.02 Å². The molecule has 5 heteroatoms. The monoisotopic (exact) mass is 385 g/mol. The van der Waals surface area contributed by atoms with Crippen molar-refractivity contribution >= 4 is 29.0 Å². The van der Waals surface area contributed by atoms with E-state index in [9.17, 15) is 9.90 Å². The van der Waals surface area contributed by atoms with E-state index >= 15 is 0 Å². The molecule has 0 heterocycles. The summed E-state index contributed by atoms with van der Waals surface area (Å²) >= 11 is 6.28. The zero-order valence-electron chi connectivity index (χ0n) is 15.4. The van der Waals surface area contributed by atoms with Crippen LogP contribution in [0.25, 0.3) is 5.76 Å². The van der Waals surface area contributed by atoms with E-state index in [1.807, 2.05) is 6.07 Å². The number of ether oxygens (including phenoxy) is 1. The Labute approximate surface area is 164 Å². The van der Waals surface area contributed by atoms with E-state index in [-0.39, 0.29) is 17.2 Å². The van der Waals surface area contributed by atoms with Gasteiger partial charge in [0.1, 0.15) is 11.5 Å². The van der Waals surface area contributed by atoms with E-state index in [0.29, 0.717) is 22.4 Å². The molecule has 0 aliphatic heterocycles. The first-order valence-corrected chi connectivity index (χ1v) is 9.54. The third kappa shape index (κ3) is 4.45. The second-order valence-electron chi connectivity index (χ2n) is 6.89. The summed E-state index contributed by atoms with van der Waals surface area (Å²) < 4.78 is 5.09. The molecule has 1 aliphatic rings. The summed E-state index contributed by atoms with van der Waals surface area (Å²) in [6.45, 7) is 3.79. The summed E-state index contributed by atoms with van der Waals surface area (Å²) in [6, 6.07) is 10.5. The average Bonchev–Trinajstić information content (AvgIpc) is 2.69. The van der Waals surface area contributed by atoms with Crippen LogP contribution >= 0.6 is 11.6 Å². The smallest absolute Gasteiger partial charge is 0.259 e. The number of phenols is 1. The summed E-state index contributed by atoms with van der Waals surface area (Å²) in [5.74, 6) is 0.527. The number of methoxy groups -OCH3 is 1. The van der Waals surface area contributed by atoms with Crippen LogP contribution in [0.5, 0.6) is 5.75 Å². The molecule has 1 fully saturated rings. The second kappa shape index (κ2) is 8.49. The fourth-order valence-electron chi connectivity index (χ4n) is 3.52. The molecule has 0 bridgehead atoms. The normalized spacial score (nSPS) is 14.6. The Morgan fingerprint density at radius 2 is 1.93 bits per heavy atom. The van der Waals surface area contributed by atoms with E-state index in [0.717, 1.165) is 24.0 Å². The van der Waals surface area contributed by atoms with Gasteiger partial charge in [-0.3, -0.25) is 4.79 Å². The molecule has 2 N–H and O–H groups in total. The number of amides is 1. The number of halogens is 1. The molecule has 3 rings (SSSR count). The van der Waals surface area contributed by atoms with Crippen LogP contribution in [0.15, 0.2) is 43.0 Å². The maximum absolute atomic E-state index is 12.7. The second-order valence-corrected chi connectivity index (χ2v) is 7.29. The van der Waals surface area contributed by atoms with Crippen molar-refractivity contribution in [2.24, 2.45) is 0 Å². The lowest BCUT2D eigenvalue weighted by Crippen LogP contribution is -2.14. The SMILES string of the molecule is C=C(OC)c1ccc(NC(=O)c2cc(C3CCCCC3)ccc2O)c(Cl)c1. The molecular formula is C22H24ClNO3. The summed E-state index contributed by atoms with van der Waals surface area (Å²) in [4.78, 5) is 12.7. The Balaban J connectivity index is 1.80. The van der Waals surface area contributed by atoms with Crippen molar-refractivity contribution in [3.63, 3.8) is 0 Å². The van der Waals surface area contributed by atoms with Crippen molar-refractivity contribution in [1.82, 2.24) is 0 Å².